The van der Waals surface area contributed by atoms with Crippen LogP contribution in [0.3, 0.4) is 0 Å². The van der Waals surface area contributed by atoms with Crippen LogP contribution < -0.4 is 32.6 Å². The van der Waals surface area contributed by atoms with Gasteiger partial charge >= 0.3 is 11.9 Å². The van der Waals surface area contributed by atoms with E-state index >= 15 is 0 Å². The quantitative estimate of drug-likeness (QED) is 0.0136. The molecule has 0 heterocycles. The number of nitrogens with one attached hydrogen (secondary N) is 2. The van der Waals surface area contributed by atoms with Crippen molar-refractivity contribution in [2.24, 2.45) is 11.5 Å². The van der Waals surface area contributed by atoms with Gasteiger partial charge in [-0.1, -0.05) is 25.0 Å². The summed E-state index contributed by atoms with van der Waals surface area (Å²) < 4.78 is 53.8. The lowest BCUT2D eigenvalue weighted by molar-refractivity contribution is -0.870. The third-order valence-electron chi connectivity index (χ3n) is 10.8. The van der Waals surface area contributed by atoms with Crippen molar-refractivity contribution in [3.63, 3.8) is 0 Å². The molecule has 4 aromatic rings. The van der Waals surface area contributed by atoms with E-state index in [1.807, 2.05) is 18.2 Å². The van der Waals surface area contributed by atoms with Crippen molar-refractivity contribution in [1.82, 2.24) is 19.2 Å². The van der Waals surface area contributed by atoms with E-state index in [4.69, 9.17) is 21.9 Å². The van der Waals surface area contributed by atoms with Crippen LogP contribution in [-0.4, -0.2) is 148 Å². The van der Waals surface area contributed by atoms with E-state index < -0.39 is 45.4 Å². The number of aliphatic carboxylic acids is 2. The Labute approximate surface area is 358 Å². The number of sulfonamides is 1. The van der Waals surface area contributed by atoms with Gasteiger partial charge in [-0.2, -0.15) is 0 Å². The molecule has 0 amide bonds. The number of rotatable bonds is 29. The molecule has 334 valence electrons. The Bertz CT molecular complexity index is 2130. The Morgan fingerprint density at radius 1 is 0.800 bits per heavy atom. The molecule has 0 fully saturated rings. The summed E-state index contributed by atoms with van der Waals surface area (Å²) in [4.78, 5) is 23.9. The second-order valence-electron chi connectivity index (χ2n) is 16.5. The minimum Gasteiger partial charge on any atom is -0.593 e. The van der Waals surface area contributed by atoms with Crippen molar-refractivity contribution in [2.75, 3.05) is 93.4 Å². The van der Waals surface area contributed by atoms with Crippen LogP contribution in [0.2, 0.25) is 0 Å². The van der Waals surface area contributed by atoms with Crippen molar-refractivity contribution in [2.45, 2.75) is 79.7 Å². The molecule has 0 saturated carbocycles. The molecule has 0 spiro atoms. The Kier molecular flexibility index (Phi) is 18.4. The van der Waals surface area contributed by atoms with Crippen molar-refractivity contribution < 1.29 is 42.0 Å². The average molecular weight is 876 g/mol. The van der Waals surface area contributed by atoms with Crippen LogP contribution in [0.25, 0.3) is 32.3 Å². The van der Waals surface area contributed by atoms with Gasteiger partial charge in [0.05, 0.1) is 50.6 Å². The lowest BCUT2D eigenvalue weighted by Crippen LogP contribution is -2.39. The summed E-state index contributed by atoms with van der Waals surface area (Å²) in [5.74, 6) is -1.33. The van der Waals surface area contributed by atoms with Gasteiger partial charge in [-0.15, -0.1) is 4.31 Å². The van der Waals surface area contributed by atoms with Gasteiger partial charge in [-0.3, -0.25) is 9.59 Å². The molecule has 4 aromatic carbocycles. The van der Waals surface area contributed by atoms with Crippen LogP contribution in [0.5, 0.6) is 5.75 Å². The Hall–Kier alpha value is -3.56. The number of benzene rings is 4. The second kappa shape index (κ2) is 22.5. The third-order valence-corrected chi connectivity index (χ3v) is 14.1. The van der Waals surface area contributed by atoms with Gasteiger partial charge in [0.15, 0.2) is 4.90 Å². The summed E-state index contributed by atoms with van der Waals surface area (Å²) in [6.07, 6.45) is 5.30. The first-order valence-electron chi connectivity index (χ1n) is 20.8. The molecule has 18 heteroatoms. The fraction of sp³-hybridized carbons (Fsp3) is 0.571. The number of hydrogen-bond donors (Lipinski definition) is 7. The maximum absolute atomic E-state index is 14.6. The highest BCUT2D eigenvalue weighted by Gasteiger charge is 2.32. The highest BCUT2D eigenvalue weighted by molar-refractivity contribution is 7.90. The van der Waals surface area contributed by atoms with Gasteiger partial charge in [0.25, 0.3) is 0 Å². The SMILES string of the molecule is CN(CCCNC(CCCCN)C(=O)O)[S+]([O-])c1cc(S(=O)(=O)N(C)CCCNC(CCCCN)C(=O)O)c2ccc3c(N)cc(OCCC[N+](C)(C)C)c4ccc1c2c34. The van der Waals surface area contributed by atoms with E-state index in [1.165, 1.54) is 17.4 Å². The number of anilines is 1. The maximum Gasteiger partial charge on any atom is 0.320 e. The molecule has 4 rings (SSSR count). The predicted octanol–water partition coefficient (Wildman–Crippen LogP) is 3.34. The highest BCUT2D eigenvalue weighted by atomic mass is 32.2. The summed E-state index contributed by atoms with van der Waals surface area (Å²) >= 11 is -1.84. The molecule has 0 aliphatic heterocycles. The number of hydrogen-bond acceptors (Lipinski definition) is 12. The van der Waals surface area contributed by atoms with E-state index in [2.05, 4.69) is 31.8 Å². The summed E-state index contributed by atoms with van der Waals surface area (Å²) in [6, 6.07) is 9.15. The molecule has 16 nitrogen and oxygen atoms in total. The minimum absolute atomic E-state index is 0.0157. The summed E-state index contributed by atoms with van der Waals surface area (Å²) in [6.45, 7) is 3.40. The van der Waals surface area contributed by atoms with E-state index in [1.54, 1.807) is 23.5 Å². The number of ether oxygens (including phenoxy) is 1. The van der Waals surface area contributed by atoms with Crippen LogP contribution in [0.1, 0.15) is 57.8 Å². The lowest BCUT2D eigenvalue weighted by atomic mass is 9.93. The largest absolute Gasteiger partial charge is 0.593 e. The minimum atomic E-state index is -4.20. The summed E-state index contributed by atoms with van der Waals surface area (Å²) in [5, 5.41) is 29.3. The van der Waals surface area contributed by atoms with Crippen molar-refractivity contribution in [1.29, 1.82) is 0 Å². The fourth-order valence-corrected chi connectivity index (χ4v) is 10.1. The normalized spacial score (nSPS) is 14.2. The zero-order valence-electron chi connectivity index (χ0n) is 35.9. The molecule has 0 aliphatic carbocycles. The third kappa shape index (κ3) is 12.7. The molecule has 0 radical (unpaired) electrons. The molecule has 0 aromatic heterocycles. The molecule has 0 bridgehead atoms. The number of carboxylic acid groups (broad SMARTS) is 2. The Morgan fingerprint density at radius 3 is 1.90 bits per heavy atom. The number of carbonyl (C=O) groups is 2. The van der Waals surface area contributed by atoms with E-state index in [0.29, 0.717) is 121 Å². The fourth-order valence-electron chi connectivity index (χ4n) is 7.43. The molecule has 3 atom stereocenters. The number of quaternary nitrogens is 1. The van der Waals surface area contributed by atoms with Gasteiger partial charge in [0.2, 0.25) is 10.0 Å². The molecule has 0 saturated heterocycles. The molecule has 0 aliphatic rings. The second-order valence-corrected chi connectivity index (χ2v) is 20.1. The maximum atomic E-state index is 14.6. The smallest absolute Gasteiger partial charge is 0.320 e. The van der Waals surface area contributed by atoms with Crippen LogP contribution >= 0.6 is 0 Å². The van der Waals surface area contributed by atoms with Crippen LogP contribution in [0.4, 0.5) is 5.69 Å². The molecular formula is C42H67N8O8S2+. The molecule has 60 heavy (non-hydrogen) atoms. The Balaban J connectivity index is 1.71. The lowest BCUT2D eigenvalue weighted by Gasteiger charge is -2.25. The van der Waals surface area contributed by atoms with E-state index in [-0.39, 0.29) is 18.0 Å². The van der Waals surface area contributed by atoms with Gasteiger partial charge < -0.3 is 51.8 Å². The number of nitrogen functional groups attached to an aromatic ring is 1. The first-order chi connectivity index (χ1) is 28.4. The zero-order valence-corrected chi connectivity index (χ0v) is 37.5. The molecule has 10 N–H and O–H groups in total. The first kappa shape index (κ1) is 49.1. The van der Waals surface area contributed by atoms with Crippen LogP contribution in [0.15, 0.2) is 46.2 Å². The van der Waals surface area contributed by atoms with Crippen LogP contribution in [-0.2, 0) is 31.0 Å². The number of nitrogens with zero attached hydrogens (tertiary/aromatic N) is 3. The van der Waals surface area contributed by atoms with E-state index in [9.17, 15) is 32.8 Å². The number of unbranched alkanes of at least 4 members (excludes halogenated alkanes) is 2. The Morgan fingerprint density at radius 2 is 1.33 bits per heavy atom. The number of nitrogens with two attached hydrogens (primary N) is 3. The van der Waals surface area contributed by atoms with Gasteiger partial charge in [0, 0.05) is 83.7 Å². The van der Waals surface area contributed by atoms with Crippen molar-refractivity contribution in [3.05, 3.63) is 36.4 Å². The first-order valence-corrected chi connectivity index (χ1v) is 23.4. The van der Waals surface area contributed by atoms with Gasteiger partial charge in [0.1, 0.15) is 17.8 Å². The molecular weight excluding hydrogens is 809 g/mol. The average Bonchev–Trinajstić information content (AvgIpc) is 3.19. The monoisotopic (exact) mass is 875 g/mol. The van der Waals surface area contributed by atoms with Crippen LogP contribution in [0, 0.1) is 0 Å². The van der Waals surface area contributed by atoms with E-state index in [0.717, 1.165) is 29.3 Å². The van der Waals surface area contributed by atoms with Gasteiger partial charge in [-0.05, 0) is 76.8 Å². The van der Waals surface area contributed by atoms with Gasteiger partial charge in [-0.25, -0.2) is 12.7 Å². The van der Waals surface area contributed by atoms with Crippen molar-refractivity contribution in [3.8, 4) is 5.75 Å². The number of carboxylic acids is 2. The standard InChI is InChI=1S/C42H66N8O8S2/c1-48(23-10-21-46-34(41(51)52)13-6-8-19-43)59(55)37-28-38(60(56,57)49(2)24-11-22-47-35(42(53)54)14-7-9-20-44)32-18-15-29-33(45)27-36(58-26-12-25-50(3,4)5)30-16-17-31(37)40(32)39(29)30/h15-18,27-28,34-35,46-47H,6-14,19-26,43-45H2,1-5H3,(H-,51,52,53,54)/p+1. The topological polar surface area (TPSA) is 250 Å². The summed E-state index contributed by atoms with van der Waals surface area (Å²) in [7, 11) is 5.33. The van der Waals surface area contributed by atoms with Crippen molar-refractivity contribution >= 4 is 71.3 Å². The predicted molar refractivity (Wildman–Crippen MR) is 240 cm³/mol. The molecule has 3 unspecified atom stereocenters. The summed E-state index contributed by atoms with van der Waals surface area (Å²) in [5.41, 5.74) is 18.3. The zero-order chi connectivity index (χ0) is 44.2. The highest BCUT2D eigenvalue weighted by Crippen LogP contribution is 2.45.